The first-order valence-electron chi connectivity index (χ1n) is 3.51. The number of nitrogens with zero attached hydrogens (tertiary/aromatic N) is 1. The van der Waals surface area contributed by atoms with Crippen molar-refractivity contribution in [1.29, 1.82) is 0 Å². The maximum Gasteiger partial charge on any atom is 0.338 e. The van der Waals surface area contributed by atoms with Crippen molar-refractivity contribution in [2.75, 3.05) is 0 Å². The van der Waals surface area contributed by atoms with Gasteiger partial charge in [-0.1, -0.05) is 6.08 Å². The van der Waals surface area contributed by atoms with Crippen LogP contribution in [0.1, 0.15) is 12.8 Å². The van der Waals surface area contributed by atoms with E-state index in [0.29, 0.717) is 0 Å². The van der Waals surface area contributed by atoms with Crippen molar-refractivity contribution >= 4 is 5.97 Å². The number of aliphatic carboxylic acids is 1. The number of allylic oxidation sites excluding steroid dienone is 2. The number of rotatable bonds is 2. The van der Waals surface area contributed by atoms with Gasteiger partial charge in [0.2, 0.25) is 5.83 Å². The molecule has 13 heavy (non-hydrogen) atoms. The molecule has 0 bridgehead atoms. The molecule has 1 aliphatic carbocycles. The highest BCUT2D eigenvalue weighted by molar-refractivity contribution is 5.91. The molecule has 0 aromatic carbocycles. The summed E-state index contributed by atoms with van der Waals surface area (Å²) in [4.78, 5) is 19.7. The molecule has 0 saturated heterocycles. The van der Waals surface area contributed by atoms with Crippen molar-refractivity contribution in [1.82, 2.24) is 0 Å². The molecule has 0 atom stereocenters. The smallest absolute Gasteiger partial charge is 0.338 e. The Morgan fingerprint density at radius 2 is 2.31 bits per heavy atom. The Kier molecular flexibility index (Phi) is 2.41. The second kappa shape index (κ2) is 3.34. The van der Waals surface area contributed by atoms with Gasteiger partial charge in [-0.3, -0.25) is 10.1 Å². The van der Waals surface area contributed by atoms with Gasteiger partial charge in [0.25, 0.3) is 5.70 Å². The molecule has 0 amide bonds. The van der Waals surface area contributed by atoms with Crippen LogP contribution in [0.15, 0.2) is 23.2 Å². The SMILES string of the molecule is O=C(O)C1=CCCC([N+](=O)[O-])=C1F. The highest BCUT2D eigenvalue weighted by Gasteiger charge is 2.28. The molecule has 1 N–H and O–H groups in total. The highest BCUT2D eigenvalue weighted by atomic mass is 19.1. The molecule has 70 valence electrons. The second-order valence-electron chi connectivity index (χ2n) is 2.48. The topological polar surface area (TPSA) is 80.4 Å². The van der Waals surface area contributed by atoms with Crippen LogP contribution in [-0.4, -0.2) is 16.0 Å². The standard InChI is InChI=1S/C7H6FNO4/c8-6-4(7(10)11)2-1-3-5(6)9(12)13/h2H,1,3H2,(H,10,11). The van der Waals surface area contributed by atoms with Crippen molar-refractivity contribution < 1.29 is 19.2 Å². The largest absolute Gasteiger partial charge is 0.478 e. The Labute approximate surface area is 72.3 Å². The molecule has 0 saturated carbocycles. The summed E-state index contributed by atoms with van der Waals surface area (Å²) in [5.74, 6) is -2.71. The molecule has 0 spiro atoms. The van der Waals surface area contributed by atoms with Crippen LogP contribution in [0, 0.1) is 10.1 Å². The lowest BCUT2D eigenvalue weighted by Crippen LogP contribution is -2.11. The van der Waals surface area contributed by atoms with Crippen molar-refractivity contribution in [3.05, 3.63) is 33.3 Å². The van der Waals surface area contributed by atoms with E-state index in [1.807, 2.05) is 0 Å². The summed E-state index contributed by atoms with van der Waals surface area (Å²) < 4.78 is 13.0. The van der Waals surface area contributed by atoms with Crippen LogP contribution < -0.4 is 0 Å². The van der Waals surface area contributed by atoms with Crippen LogP contribution in [0.2, 0.25) is 0 Å². The summed E-state index contributed by atoms with van der Waals surface area (Å²) in [5.41, 5.74) is -1.27. The fourth-order valence-corrected chi connectivity index (χ4v) is 1.06. The minimum atomic E-state index is -1.48. The average Bonchev–Trinajstić information content (AvgIpc) is 2.03. The summed E-state index contributed by atoms with van der Waals surface area (Å²) in [5, 5.41) is 18.7. The van der Waals surface area contributed by atoms with E-state index in [4.69, 9.17) is 5.11 Å². The number of hydrogen-bond acceptors (Lipinski definition) is 3. The number of hydrogen-bond donors (Lipinski definition) is 1. The van der Waals surface area contributed by atoms with Gasteiger partial charge in [0.15, 0.2) is 0 Å². The first-order valence-corrected chi connectivity index (χ1v) is 3.51. The predicted octanol–water partition coefficient (Wildman–Crippen LogP) is 1.25. The van der Waals surface area contributed by atoms with Gasteiger partial charge >= 0.3 is 5.97 Å². The van der Waals surface area contributed by atoms with Crippen LogP contribution in [-0.2, 0) is 4.79 Å². The van der Waals surface area contributed by atoms with E-state index in [9.17, 15) is 19.3 Å². The molecule has 1 aliphatic rings. The van der Waals surface area contributed by atoms with Gasteiger partial charge in [-0.25, -0.2) is 4.79 Å². The van der Waals surface area contributed by atoms with Gasteiger partial charge in [-0.15, -0.1) is 0 Å². The van der Waals surface area contributed by atoms with Crippen LogP contribution in [0.5, 0.6) is 0 Å². The van der Waals surface area contributed by atoms with Crippen LogP contribution in [0.3, 0.4) is 0 Å². The molecule has 1 rings (SSSR count). The Bertz CT molecular complexity index is 331. The molecule has 6 heteroatoms. The van der Waals surface area contributed by atoms with Crippen molar-refractivity contribution in [3.63, 3.8) is 0 Å². The maximum absolute atomic E-state index is 13.0. The first-order chi connectivity index (χ1) is 6.04. The molecular weight excluding hydrogens is 181 g/mol. The fourth-order valence-electron chi connectivity index (χ4n) is 1.06. The molecule has 0 unspecified atom stereocenters. The summed E-state index contributed by atoms with van der Waals surface area (Å²) >= 11 is 0. The lowest BCUT2D eigenvalue weighted by molar-refractivity contribution is -0.430. The van der Waals surface area contributed by atoms with E-state index in [1.54, 1.807) is 0 Å². The van der Waals surface area contributed by atoms with E-state index < -0.39 is 28.0 Å². The third kappa shape index (κ3) is 1.71. The molecule has 5 nitrogen and oxygen atoms in total. The zero-order valence-corrected chi connectivity index (χ0v) is 6.49. The molecule has 0 radical (unpaired) electrons. The number of carboxylic acid groups (broad SMARTS) is 1. The van der Waals surface area contributed by atoms with Gasteiger partial charge in [0, 0.05) is 6.42 Å². The quantitative estimate of drug-likeness (QED) is 0.521. The monoisotopic (exact) mass is 187 g/mol. The summed E-state index contributed by atoms with van der Waals surface area (Å²) in [6, 6.07) is 0. The average molecular weight is 187 g/mol. The van der Waals surface area contributed by atoms with E-state index in [0.717, 1.165) is 6.08 Å². The molecule has 0 aromatic rings. The zero-order chi connectivity index (χ0) is 10.0. The van der Waals surface area contributed by atoms with Crippen LogP contribution >= 0.6 is 0 Å². The number of carboxylic acids is 1. The highest BCUT2D eigenvalue weighted by Crippen LogP contribution is 2.26. The van der Waals surface area contributed by atoms with Crippen LogP contribution in [0.4, 0.5) is 4.39 Å². The Balaban J connectivity index is 3.10. The summed E-state index contributed by atoms with van der Waals surface area (Å²) in [6.45, 7) is 0. The van der Waals surface area contributed by atoms with Crippen LogP contribution in [0.25, 0.3) is 0 Å². The van der Waals surface area contributed by atoms with Crippen molar-refractivity contribution in [3.8, 4) is 0 Å². The van der Waals surface area contributed by atoms with E-state index in [1.165, 1.54) is 0 Å². The van der Waals surface area contributed by atoms with Crippen molar-refractivity contribution in [2.24, 2.45) is 0 Å². The Morgan fingerprint density at radius 1 is 1.69 bits per heavy atom. The normalized spacial score (nSPS) is 16.8. The van der Waals surface area contributed by atoms with Gasteiger partial charge in [0.05, 0.1) is 10.5 Å². The van der Waals surface area contributed by atoms with E-state index >= 15 is 0 Å². The lowest BCUT2D eigenvalue weighted by Gasteiger charge is -2.06. The van der Waals surface area contributed by atoms with E-state index in [-0.39, 0.29) is 12.8 Å². The van der Waals surface area contributed by atoms with Gasteiger partial charge in [-0.2, -0.15) is 4.39 Å². The molecule has 0 aliphatic heterocycles. The predicted molar refractivity (Wildman–Crippen MR) is 40.1 cm³/mol. The lowest BCUT2D eigenvalue weighted by atomic mass is 10.0. The number of carbonyl (C=O) groups is 1. The molecule has 0 fully saturated rings. The summed E-state index contributed by atoms with van der Waals surface area (Å²) in [7, 11) is 0. The van der Waals surface area contributed by atoms with Gasteiger partial charge in [-0.05, 0) is 6.42 Å². The molecule has 0 heterocycles. The fraction of sp³-hybridized carbons (Fsp3) is 0.286. The number of halogens is 1. The first kappa shape index (κ1) is 9.37. The third-order valence-corrected chi connectivity index (χ3v) is 1.67. The summed E-state index contributed by atoms with van der Waals surface area (Å²) in [6.07, 6.45) is 1.27. The maximum atomic E-state index is 13.0. The molecule has 0 aromatic heterocycles. The van der Waals surface area contributed by atoms with Gasteiger partial charge in [0.1, 0.15) is 0 Å². The van der Waals surface area contributed by atoms with Crippen molar-refractivity contribution in [2.45, 2.75) is 12.8 Å². The van der Waals surface area contributed by atoms with Gasteiger partial charge < -0.3 is 5.11 Å². The van der Waals surface area contributed by atoms with E-state index in [2.05, 4.69) is 0 Å². The number of nitro groups is 1. The third-order valence-electron chi connectivity index (χ3n) is 1.67. The second-order valence-corrected chi connectivity index (χ2v) is 2.48. The Morgan fingerprint density at radius 3 is 2.77 bits per heavy atom. The minimum absolute atomic E-state index is 0.0599. The Hall–Kier alpha value is -1.72. The minimum Gasteiger partial charge on any atom is -0.478 e. The molecular formula is C7H6FNO4. The zero-order valence-electron chi connectivity index (χ0n) is 6.49.